The van der Waals surface area contributed by atoms with E-state index in [2.05, 4.69) is 23.5 Å². The quantitative estimate of drug-likeness (QED) is 0.715. The van der Waals surface area contributed by atoms with Crippen LogP contribution in [0.1, 0.15) is 16.1 Å². The number of fused-ring (bicyclic) bond motifs is 1. The van der Waals surface area contributed by atoms with Crippen LogP contribution in [-0.4, -0.2) is 50.3 Å². The number of quaternary nitrogens is 1. The van der Waals surface area contributed by atoms with Crippen molar-refractivity contribution in [2.45, 2.75) is 6.92 Å². The smallest absolute Gasteiger partial charge is 0.251 e. The second-order valence-corrected chi connectivity index (χ2v) is 7.28. The lowest BCUT2D eigenvalue weighted by molar-refractivity contribution is -0.906. The van der Waals surface area contributed by atoms with Gasteiger partial charge in [-0.25, -0.2) is 0 Å². The van der Waals surface area contributed by atoms with Gasteiger partial charge < -0.3 is 15.0 Å². The lowest BCUT2D eigenvalue weighted by atomic mass is 10.0. The highest BCUT2D eigenvalue weighted by Crippen LogP contribution is 2.27. The summed E-state index contributed by atoms with van der Waals surface area (Å²) in [5, 5.41) is 5.33. The van der Waals surface area contributed by atoms with Gasteiger partial charge in [-0.05, 0) is 30.5 Å². The first-order chi connectivity index (χ1) is 13.7. The highest BCUT2D eigenvalue weighted by molar-refractivity contribution is 5.97. The van der Waals surface area contributed by atoms with E-state index in [-0.39, 0.29) is 5.91 Å². The Morgan fingerprint density at radius 3 is 2.64 bits per heavy atom. The van der Waals surface area contributed by atoms with Gasteiger partial charge in [0.15, 0.2) is 0 Å². The Morgan fingerprint density at radius 2 is 1.86 bits per heavy atom. The summed E-state index contributed by atoms with van der Waals surface area (Å²) in [6.07, 6.45) is 0. The van der Waals surface area contributed by atoms with Gasteiger partial charge in [-0.15, -0.1) is 0 Å². The number of hydrogen-bond acceptors (Lipinski definition) is 3. The van der Waals surface area contributed by atoms with Crippen molar-refractivity contribution >= 4 is 16.7 Å². The van der Waals surface area contributed by atoms with Crippen LogP contribution in [0.3, 0.4) is 0 Å². The van der Waals surface area contributed by atoms with E-state index in [0.717, 1.165) is 55.2 Å². The number of carbonyl (C=O) groups is 1. The molecule has 2 aromatic carbocycles. The molecule has 0 spiro atoms. The highest BCUT2D eigenvalue weighted by atomic mass is 16.5. The number of benzene rings is 2. The molecule has 1 aliphatic rings. The molecule has 5 nitrogen and oxygen atoms in total. The zero-order chi connectivity index (χ0) is 19.3. The van der Waals surface area contributed by atoms with Crippen LogP contribution < -0.4 is 10.2 Å². The fourth-order valence-corrected chi connectivity index (χ4v) is 3.70. The number of ether oxygens (including phenoxy) is 1. The van der Waals surface area contributed by atoms with Gasteiger partial charge in [-0.1, -0.05) is 36.4 Å². The van der Waals surface area contributed by atoms with Crippen molar-refractivity contribution in [3.63, 3.8) is 0 Å². The highest BCUT2D eigenvalue weighted by Gasteiger charge is 2.14. The lowest BCUT2D eigenvalue weighted by Gasteiger charge is -2.23. The van der Waals surface area contributed by atoms with Crippen molar-refractivity contribution < 1.29 is 14.4 Å². The number of rotatable bonds is 5. The van der Waals surface area contributed by atoms with Crippen LogP contribution in [0.15, 0.2) is 54.6 Å². The van der Waals surface area contributed by atoms with Gasteiger partial charge in [0.1, 0.15) is 13.1 Å². The molecule has 0 bridgehead atoms. The average molecular weight is 376 g/mol. The summed E-state index contributed by atoms with van der Waals surface area (Å²) in [4.78, 5) is 18.7. The van der Waals surface area contributed by atoms with E-state index in [1.807, 2.05) is 43.3 Å². The van der Waals surface area contributed by atoms with Crippen LogP contribution in [0.2, 0.25) is 0 Å². The first-order valence-electron chi connectivity index (χ1n) is 9.87. The molecule has 4 rings (SSSR count). The predicted octanol–water partition coefficient (Wildman–Crippen LogP) is 1.86. The normalized spacial score (nSPS) is 14.9. The number of amides is 1. The SMILES string of the molecule is Cc1cc2ccccc2c(-c2ccc(C(=O)NCC[NH+]3CCOCC3)cc2)n1. The minimum absolute atomic E-state index is 0.0266. The van der Waals surface area contributed by atoms with Gasteiger partial charge >= 0.3 is 0 Å². The van der Waals surface area contributed by atoms with Crippen molar-refractivity contribution in [1.29, 1.82) is 0 Å². The van der Waals surface area contributed by atoms with Crippen LogP contribution in [-0.2, 0) is 4.74 Å². The Labute approximate surface area is 165 Å². The minimum Gasteiger partial charge on any atom is -0.370 e. The van der Waals surface area contributed by atoms with Crippen LogP contribution in [0.5, 0.6) is 0 Å². The van der Waals surface area contributed by atoms with E-state index in [1.54, 1.807) is 0 Å². The van der Waals surface area contributed by atoms with Gasteiger partial charge in [0.05, 0.1) is 32.0 Å². The molecule has 28 heavy (non-hydrogen) atoms. The summed E-state index contributed by atoms with van der Waals surface area (Å²) in [5.41, 5.74) is 3.64. The standard InChI is InChI=1S/C23H25N3O2/c1-17-16-20-4-2-3-5-21(20)22(25-17)18-6-8-19(9-7-18)23(27)24-10-11-26-12-14-28-15-13-26/h2-9,16H,10-15H2,1H3,(H,24,27)/p+1. The zero-order valence-corrected chi connectivity index (χ0v) is 16.2. The largest absolute Gasteiger partial charge is 0.370 e. The van der Waals surface area contributed by atoms with E-state index in [4.69, 9.17) is 9.72 Å². The second-order valence-electron chi connectivity index (χ2n) is 7.28. The molecule has 0 unspecified atom stereocenters. The topological polar surface area (TPSA) is 55.7 Å². The molecule has 5 heteroatoms. The molecule has 1 aliphatic heterocycles. The molecule has 2 heterocycles. The van der Waals surface area contributed by atoms with Gasteiger partial charge in [0.25, 0.3) is 5.91 Å². The predicted molar refractivity (Wildman–Crippen MR) is 111 cm³/mol. The minimum atomic E-state index is -0.0266. The fourth-order valence-electron chi connectivity index (χ4n) is 3.70. The second kappa shape index (κ2) is 8.50. The maximum atomic E-state index is 12.4. The molecule has 0 saturated carbocycles. The van der Waals surface area contributed by atoms with Crippen LogP contribution in [0.25, 0.3) is 22.0 Å². The van der Waals surface area contributed by atoms with E-state index in [0.29, 0.717) is 12.1 Å². The van der Waals surface area contributed by atoms with E-state index >= 15 is 0 Å². The molecule has 0 aliphatic carbocycles. The fraction of sp³-hybridized carbons (Fsp3) is 0.304. The maximum absolute atomic E-state index is 12.4. The van der Waals surface area contributed by atoms with E-state index in [9.17, 15) is 4.79 Å². The van der Waals surface area contributed by atoms with E-state index < -0.39 is 0 Å². The third-order valence-corrected chi connectivity index (χ3v) is 5.25. The number of pyridine rings is 1. The number of carbonyl (C=O) groups excluding carboxylic acids is 1. The van der Waals surface area contributed by atoms with Crippen molar-refractivity contribution in [3.05, 3.63) is 65.9 Å². The summed E-state index contributed by atoms with van der Waals surface area (Å²) in [7, 11) is 0. The van der Waals surface area contributed by atoms with Gasteiger partial charge in [0, 0.05) is 22.2 Å². The van der Waals surface area contributed by atoms with Crippen molar-refractivity contribution in [3.8, 4) is 11.3 Å². The lowest BCUT2D eigenvalue weighted by Crippen LogP contribution is -3.14. The summed E-state index contributed by atoms with van der Waals surface area (Å²) >= 11 is 0. The maximum Gasteiger partial charge on any atom is 0.251 e. The molecule has 144 valence electrons. The molecule has 1 amide bonds. The summed E-state index contributed by atoms with van der Waals surface area (Å²) in [6.45, 7) is 7.28. The van der Waals surface area contributed by atoms with E-state index in [1.165, 1.54) is 10.3 Å². The average Bonchev–Trinajstić information content (AvgIpc) is 2.74. The Hall–Kier alpha value is -2.76. The molecule has 1 aromatic heterocycles. The molecule has 2 N–H and O–H groups in total. The number of hydrogen-bond donors (Lipinski definition) is 2. The number of aromatic nitrogens is 1. The molecular formula is C23H26N3O2+. The van der Waals surface area contributed by atoms with Crippen LogP contribution in [0.4, 0.5) is 0 Å². The first-order valence-corrected chi connectivity index (χ1v) is 9.87. The first kappa shape index (κ1) is 18.6. The van der Waals surface area contributed by atoms with Crippen molar-refractivity contribution in [1.82, 2.24) is 10.3 Å². The third kappa shape index (κ3) is 4.21. The Balaban J connectivity index is 1.44. The van der Waals surface area contributed by atoms with Crippen molar-refractivity contribution in [2.24, 2.45) is 0 Å². The number of morpholine rings is 1. The molecule has 0 radical (unpaired) electrons. The summed E-state index contributed by atoms with van der Waals surface area (Å²) in [5.74, 6) is -0.0266. The third-order valence-electron chi connectivity index (χ3n) is 5.25. The Bertz CT molecular complexity index is 963. The van der Waals surface area contributed by atoms with Crippen LogP contribution >= 0.6 is 0 Å². The van der Waals surface area contributed by atoms with Gasteiger partial charge in [0.2, 0.25) is 0 Å². The molecule has 1 saturated heterocycles. The molecule has 3 aromatic rings. The number of nitrogens with one attached hydrogen (secondary N) is 2. The van der Waals surface area contributed by atoms with Gasteiger partial charge in [-0.3, -0.25) is 9.78 Å². The Morgan fingerprint density at radius 1 is 1.11 bits per heavy atom. The molecular weight excluding hydrogens is 350 g/mol. The summed E-state index contributed by atoms with van der Waals surface area (Å²) < 4.78 is 5.36. The Kier molecular flexibility index (Phi) is 5.65. The molecule has 1 fully saturated rings. The van der Waals surface area contributed by atoms with Gasteiger partial charge in [-0.2, -0.15) is 0 Å². The number of aryl methyl sites for hydroxylation is 1. The van der Waals surface area contributed by atoms with Crippen molar-refractivity contribution in [2.75, 3.05) is 39.4 Å². The monoisotopic (exact) mass is 376 g/mol. The summed E-state index contributed by atoms with van der Waals surface area (Å²) in [6, 6.07) is 18.1. The number of nitrogens with zero attached hydrogens (tertiary/aromatic N) is 1. The van der Waals surface area contributed by atoms with Crippen LogP contribution in [0, 0.1) is 6.92 Å². The zero-order valence-electron chi connectivity index (χ0n) is 16.2. The molecule has 0 atom stereocenters.